The van der Waals surface area contributed by atoms with Gasteiger partial charge in [-0.3, -0.25) is 4.79 Å². The second-order valence-corrected chi connectivity index (χ2v) is 6.15. The normalized spacial score (nSPS) is 18.7. The standard InChI is InChI=1S/C13H15BrN2O3S/c1-2-19-13(18)10-8-20-7-6-16(10)12(17)9-4-3-5-11(14)15-9/h3-5,10H,2,6-8H2,1H3. The van der Waals surface area contributed by atoms with E-state index in [1.165, 1.54) is 0 Å². The maximum absolute atomic E-state index is 12.5. The molecular formula is C13H15BrN2O3S. The van der Waals surface area contributed by atoms with Crippen molar-refractivity contribution in [1.82, 2.24) is 9.88 Å². The van der Waals surface area contributed by atoms with E-state index in [0.29, 0.717) is 29.2 Å². The van der Waals surface area contributed by atoms with Crippen LogP contribution in [-0.4, -0.2) is 52.5 Å². The maximum Gasteiger partial charge on any atom is 0.329 e. The summed E-state index contributed by atoms with van der Waals surface area (Å²) in [5, 5.41) is 0. The lowest BCUT2D eigenvalue weighted by Gasteiger charge is -2.33. The lowest BCUT2D eigenvalue weighted by atomic mass is 10.2. The van der Waals surface area contributed by atoms with Crippen LogP contribution in [0.2, 0.25) is 0 Å². The predicted molar refractivity (Wildman–Crippen MR) is 80.7 cm³/mol. The first-order valence-corrected chi connectivity index (χ1v) is 8.26. The van der Waals surface area contributed by atoms with Crippen LogP contribution >= 0.6 is 27.7 Å². The van der Waals surface area contributed by atoms with Gasteiger partial charge in [0, 0.05) is 18.1 Å². The molecule has 1 unspecified atom stereocenters. The molecule has 1 fully saturated rings. The number of carbonyl (C=O) groups excluding carboxylic acids is 2. The van der Waals surface area contributed by atoms with E-state index in [9.17, 15) is 9.59 Å². The summed E-state index contributed by atoms with van der Waals surface area (Å²) in [7, 11) is 0. The van der Waals surface area contributed by atoms with Crippen molar-refractivity contribution in [2.45, 2.75) is 13.0 Å². The highest BCUT2D eigenvalue weighted by Crippen LogP contribution is 2.20. The Kier molecular flexibility index (Phi) is 5.42. The van der Waals surface area contributed by atoms with Crippen molar-refractivity contribution in [3.63, 3.8) is 0 Å². The number of pyridine rings is 1. The highest BCUT2D eigenvalue weighted by molar-refractivity contribution is 9.10. The molecule has 1 amide bonds. The molecule has 1 aliphatic heterocycles. The molecular weight excluding hydrogens is 344 g/mol. The van der Waals surface area contributed by atoms with Gasteiger partial charge >= 0.3 is 5.97 Å². The van der Waals surface area contributed by atoms with Crippen LogP contribution in [0.25, 0.3) is 0 Å². The van der Waals surface area contributed by atoms with E-state index in [1.807, 2.05) is 0 Å². The van der Waals surface area contributed by atoms with Crippen LogP contribution in [0.5, 0.6) is 0 Å². The summed E-state index contributed by atoms with van der Waals surface area (Å²) in [6.45, 7) is 2.61. The van der Waals surface area contributed by atoms with E-state index < -0.39 is 6.04 Å². The van der Waals surface area contributed by atoms with Gasteiger partial charge in [0.1, 0.15) is 16.3 Å². The summed E-state index contributed by atoms with van der Waals surface area (Å²) < 4.78 is 5.65. The van der Waals surface area contributed by atoms with Gasteiger partial charge in [-0.2, -0.15) is 11.8 Å². The number of hydrogen-bond donors (Lipinski definition) is 0. The lowest BCUT2D eigenvalue weighted by Crippen LogP contribution is -2.51. The van der Waals surface area contributed by atoms with Gasteiger partial charge in [0.2, 0.25) is 0 Å². The molecule has 0 radical (unpaired) electrons. The number of esters is 1. The van der Waals surface area contributed by atoms with Crippen LogP contribution in [0.4, 0.5) is 0 Å². The van der Waals surface area contributed by atoms with Crippen molar-refractivity contribution in [3.05, 3.63) is 28.5 Å². The van der Waals surface area contributed by atoms with Crippen LogP contribution < -0.4 is 0 Å². The Morgan fingerprint density at radius 2 is 2.35 bits per heavy atom. The first kappa shape index (κ1) is 15.3. The first-order chi connectivity index (χ1) is 9.63. The fourth-order valence-electron chi connectivity index (χ4n) is 1.95. The molecule has 0 bridgehead atoms. The Morgan fingerprint density at radius 1 is 1.55 bits per heavy atom. The zero-order valence-electron chi connectivity index (χ0n) is 11.0. The third-order valence-corrected chi connectivity index (χ3v) is 4.35. The van der Waals surface area contributed by atoms with Crippen molar-refractivity contribution in [2.75, 3.05) is 24.7 Å². The second-order valence-electron chi connectivity index (χ2n) is 4.19. The van der Waals surface area contributed by atoms with E-state index in [0.717, 1.165) is 5.75 Å². The molecule has 5 nitrogen and oxygen atoms in total. The molecule has 0 saturated carbocycles. The van der Waals surface area contributed by atoms with Crippen LogP contribution in [0.1, 0.15) is 17.4 Å². The summed E-state index contributed by atoms with van der Waals surface area (Å²) in [4.78, 5) is 30.2. The van der Waals surface area contributed by atoms with Crippen LogP contribution in [0.15, 0.2) is 22.8 Å². The van der Waals surface area contributed by atoms with Crippen LogP contribution in [-0.2, 0) is 9.53 Å². The monoisotopic (exact) mass is 358 g/mol. The van der Waals surface area contributed by atoms with E-state index in [4.69, 9.17) is 4.74 Å². The molecule has 2 rings (SSSR count). The summed E-state index contributed by atoms with van der Waals surface area (Å²) >= 11 is 4.90. The topological polar surface area (TPSA) is 59.5 Å². The van der Waals surface area contributed by atoms with E-state index in [1.54, 1.807) is 41.8 Å². The Balaban J connectivity index is 2.19. The summed E-state index contributed by atoms with van der Waals surface area (Å²) in [6.07, 6.45) is 0. The first-order valence-electron chi connectivity index (χ1n) is 6.31. The molecule has 1 aromatic heterocycles. The van der Waals surface area contributed by atoms with Crippen molar-refractivity contribution in [3.8, 4) is 0 Å². The second kappa shape index (κ2) is 7.08. The van der Waals surface area contributed by atoms with Crippen molar-refractivity contribution < 1.29 is 14.3 Å². The van der Waals surface area contributed by atoms with Gasteiger partial charge in [0.15, 0.2) is 0 Å². The van der Waals surface area contributed by atoms with Crippen molar-refractivity contribution in [2.24, 2.45) is 0 Å². The molecule has 2 heterocycles. The molecule has 1 saturated heterocycles. The number of carbonyl (C=O) groups is 2. The molecule has 108 valence electrons. The van der Waals surface area contributed by atoms with Gasteiger partial charge in [-0.25, -0.2) is 9.78 Å². The Bertz CT molecular complexity index is 512. The largest absolute Gasteiger partial charge is 0.464 e. The van der Waals surface area contributed by atoms with Crippen molar-refractivity contribution in [1.29, 1.82) is 0 Å². The van der Waals surface area contributed by atoms with Crippen molar-refractivity contribution >= 4 is 39.6 Å². The molecule has 0 N–H and O–H groups in total. The molecule has 0 aliphatic carbocycles. The highest BCUT2D eigenvalue weighted by atomic mass is 79.9. The lowest BCUT2D eigenvalue weighted by molar-refractivity contribution is -0.147. The van der Waals surface area contributed by atoms with Crippen LogP contribution in [0.3, 0.4) is 0 Å². The zero-order chi connectivity index (χ0) is 14.5. The molecule has 7 heteroatoms. The van der Waals surface area contributed by atoms with E-state index in [-0.39, 0.29) is 11.9 Å². The number of thioether (sulfide) groups is 1. The Morgan fingerprint density at radius 3 is 3.05 bits per heavy atom. The average Bonchev–Trinajstić information content (AvgIpc) is 2.47. The van der Waals surface area contributed by atoms with Gasteiger partial charge in [-0.15, -0.1) is 0 Å². The van der Waals surface area contributed by atoms with Gasteiger partial charge in [0.25, 0.3) is 5.91 Å². The van der Waals surface area contributed by atoms with Gasteiger partial charge < -0.3 is 9.64 Å². The predicted octanol–water partition coefficient (Wildman–Crippen LogP) is 1.96. The molecule has 0 aromatic carbocycles. The minimum absolute atomic E-state index is 0.232. The number of amides is 1. The molecule has 1 atom stereocenters. The number of nitrogens with zero attached hydrogens (tertiary/aromatic N) is 2. The maximum atomic E-state index is 12.5. The van der Waals surface area contributed by atoms with Gasteiger partial charge in [-0.1, -0.05) is 6.07 Å². The smallest absolute Gasteiger partial charge is 0.329 e. The zero-order valence-corrected chi connectivity index (χ0v) is 13.4. The Hall–Kier alpha value is -1.08. The van der Waals surface area contributed by atoms with Gasteiger partial charge in [0.05, 0.1) is 6.61 Å². The molecule has 20 heavy (non-hydrogen) atoms. The SMILES string of the molecule is CCOC(=O)C1CSCCN1C(=O)c1cccc(Br)n1. The average molecular weight is 359 g/mol. The summed E-state index contributed by atoms with van der Waals surface area (Å²) in [5.74, 6) is 0.807. The summed E-state index contributed by atoms with van der Waals surface area (Å²) in [5.41, 5.74) is 0.334. The number of rotatable bonds is 3. The number of ether oxygens (including phenoxy) is 1. The fourth-order valence-corrected chi connectivity index (χ4v) is 3.33. The quantitative estimate of drug-likeness (QED) is 0.610. The minimum Gasteiger partial charge on any atom is -0.464 e. The molecule has 0 spiro atoms. The minimum atomic E-state index is -0.526. The Labute approximate surface area is 130 Å². The summed E-state index contributed by atoms with van der Waals surface area (Å²) in [6, 6.07) is 4.63. The third kappa shape index (κ3) is 3.52. The fraction of sp³-hybridized carbons (Fsp3) is 0.462. The third-order valence-electron chi connectivity index (χ3n) is 2.88. The number of aromatic nitrogens is 1. The van der Waals surface area contributed by atoms with E-state index >= 15 is 0 Å². The molecule has 1 aliphatic rings. The number of hydrogen-bond acceptors (Lipinski definition) is 5. The highest BCUT2D eigenvalue weighted by Gasteiger charge is 2.34. The molecule has 1 aromatic rings. The number of halogens is 1. The van der Waals surface area contributed by atoms with E-state index in [2.05, 4.69) is 20.9 Å². The van der Waals surface area contributed by atoms with Crippen LogP contribution in [0, 0.1) is 0 Å². The van der Waals surface area contributed by atoms with Gasteiger partial charge in [-0.05, 0) is 35.0 Å².